The number of aliphatic imine (C=N–C) groups is 1. The molecule has 5 nitrogen and oxygen atoms in total. The third kappa shape index (κ3) is 6.93. The minimum atomic E-state index is 0. The van der Waals surface area contributed by atoms with E-state index in [9.17, 15) is 0 Å². The molecular formula is C20H32ClIN4OS. The molecule has 1 unspecified atom stereocenters. The van der Waals surface area contributed by atoms with E-state index < -0.39 is 0 Å². The molecule has 1 atom stereocenters. The molecule has 28 heavy (non-hydrogen) atoms. The van der Waals surface area contributed by atoms with E-state index in [1.807, 2.05) is 18.2 Å². The zero-order chi connectivity index (χ0) is 19.0. The van der Waals surface area contributed by atoms with Gasteiger partial charge in [0.25, 0.3) is 0 Å². The first-order valence-electron chi connectivity index (χ1n) is 9.89. The highest BCUT2D eigenvalue weighted by atomic mass is 127. The Morgan fingerprint density at radius 3 is 2.82 bits per heavy atom. The van der Waals surface area contributed by atoms with E-state index in [4.69, 9.17) is 21.3 Å². The van der Waals surface area contributed by atoms with E-state index in [0.29, 0.717) is 0 Å². The molecule has 0 bridgehead atoms. The van der Waals surface area contributed by atoms with Crippen molar-refractivity contribution in [2.24, 2.45) is 4.99 Å². The van der Waals surface area contributed by atoms with Crippen LogP contribution >= 0.6 is 47.3 Å². The molecule has 2 fully saturated rings. The fourth-order valence-electron chi connectivity index (χ4n) is 3.69. The van der Waals surface area contributed by atoms with Crippen LogP contribution in [0.25, 0.3) is 0 Å². The van der Waals surface area contributed by atoms with Crippen molar-refractivity contribution in [3.63, 3.8) is 0 Å². The summed E-state index contributed by atoms with van der Waals surface area (Å²) >= 11 is 8.13. The van der Waals surface area contributed by atoms with Crippen molar-refractivity contribution in [3.8, 4) is 0 Å². The Labute approximate surface area is 195 Å². The zero-order valence-electron chi connectivity index (χ0n) is 16.6. The molecule has 1 aromatic rings. The van der Waals surface area contributed by atoms with Gasteiger partial charge in [-0.05, 0) is 43.2 Å². The number of halogens is 2. The van der Waals surface area contributed by atoms with Gasteiger partial charge in [0.15, 0.2) is 5.96 Å². The van der Waals surface area contributed by atoms with Crippen LogP contribution < -0.4 is 10.6 Å². The molecule has 1 aromatic carbocycles. The van der Waals surface area contributed by atoms with Gasteiger partial charge in [-0.1, -0.05) is 23.7 Å². The summed E-state index contributed by atoms with van der Waals surface area (Å²) in [6, 6.07) is 8.05. The highest BCUT2D eigenvalue weighted by Crippen LogP contribution is 2.34. The first kappa shape index (κ1) is 24.1. The monoisotopic (exact) mass is 538 g/mol. The van der Waals surface area contributed by atoms with Crippen molar-refractivity contribution in [3.05, 3.63) is 34.9 Å². The molecule has 0 spiro atoms. The molecule has 3 rings (SSSR count). The van der Waals surface area contributed by atoms with Gasteiger partial charge in [-0.2, -0.15) is 11.8 Å². The van der Waals surface area contributed by atoms with Crippen LogP contribution in [0.15, 0.2) is 29.3 Å². The summed E-state index contributed by atoms with van der Waals surface area (Å²) < 4.78 is 5.55. The summed E-state index contributed by atoms with van der Waals surface area (Å²) in [4.78, 5) is 7.57. The minimum Gasteiger partial charge on any atom is -0.379 e. The zero-order valence-corrected chi connectivity index (χ0v) is 20.5. The topological polar surface area (TPSA) is 48.9 Å². The van der Waals surface area contributed by atoms with Gasteiger partial charge in [-0.25, -0.2) is 0 Å². The van der Waals surface area contributed by atoms with Crippen molar-refractivity contribution in [1.29, 1.82) is 0 Å². The van der Waals surface area contributed by atoms with Crippen LogP contribution in [0.5, 0.6) is 0 Å². The molecule has 158 valence electrons. The molecule has 2 heterocycles. The molecule has 2 N–H and O–H groups in total. The number of guanidine groups is 1. The Morgan fingerprint density at radius 2 is 2.14 bits per heavy atom. The fourth-order valence-corrected chi connectivity index (χ4v) is 5.37. The second-order valence-corrected chi connectivity index (χ2v) is 8.67. The Balaban J connectivity index is 0.00000280. The molecule has 0 radical (unpaired) electrons. The highest BCUT2D eigenvalue weighted by molar-refractivity contribution is 14.0. The second kappa shape index (κ2) is 12.5. The van der Waals surface area contributed by atoms with Crippen molar-refractivity contribution in [1.82, 2.24) is 15.5 Å². The van der Waals surface area contributed by atoms with E-state index in [-0.39, 0.29) is 29.5 Å². The number of nitrogens with one attached hydrogen (secondary N) is 2. The van der Waals surface area contributed by atoms with Crippen molar-refractivity contribution in [2.45, 2.75) is 25.3 Å². The fraction of sp³-hybridized carbons (Fsp3) is 0.650. The van der Waals surface area contributed by atoms with E-state index >= 15 is 0 Å². The molecule has 0 saturated carbocycles. The Bertz CT molecular complexity index is 622. The molecule has 0 amide bonds. The number of benzene rings is 1. The number of rotatable bonds is 7. The van der Waals surface area contributed by atoms with Crippen LogP contribution in [0.4, 0.5) is 0 Å². The summed E-state index contributed by atoms with van der Waals surface area (Å²) in [7, 11) is 0. The highest BCUT2D eigenvalue weighted by Gasteiger charge is 2.40. The summed E-state index contributed by atoms with van der Waals surface area (Å²) in [5, 5.41) is 7.66. The molecule has 2 aliphatic rings. The lowest BCUT2D eigenvalue weighted by molar-refractivity contribution is -0.0104. The Morgan fingerprint density at radius 1 is 1.32 bits per heavy atom. The number of ether oxygens (including phenoxy) is 1. The average molecular weight is 539 g/mol. The van der Waals surface area contributed by atoms with Crippen LogP contribution in [0.1, 0.15) is 18.9 Å². The normalized spacial score (nSPS) is 23.3. The number of thioether (sulfide) groups is 1. The van der Waals surface area contributed by atoms with E-state index in [1.54, 1.807) is 0 Å². The summed E-state index contributed by atoms with van der Waals surface area (Å²) in [6.45, 7) is 8.38. The maximum Gasteiger partial charge on any atom is 0.191 e. The van der Waals surface area contributed by atoms with Crippen LogP contribution in [-0.2, 0) is 11.2 Å². The van der Waals surface area contributed by atoms with Gasteiger partial charge >= 0.3 is 0 Å². The van der Waals surface area contributed by atoms with Gasteiger partial charge in [0, 0.05) is 37.0 Å². The van der Waals surface area contributed by atoms with Gasteiger partial charge < -0.3 is 15.4 Å². The van der Waals surface area contributed by atoms with Crippen LogP contribution in [0.2, 0.25) is 5.02 Å². The minimum absolute atomic E-state index is 0. The summed E-state index contributed by atoms with van der Waals surface area (Å²) in [5.41, 5.74) is 1.42. The SMILES string of the molecule is CCNC(=NCC1(N2CCOCC2)CCSC1)NCCc1cccc(Cl)c1.I. The van der Waals surface area contributed by atoms with E-state index in [0.717, 1.165) is 63.3 Å². The second-order valence-electron chi connectivity index (χ2n) is 7.13. The summed E-state index contributed by atoms with van der Waals surface area (Å²) in [5.74, 6) is 3.30. The van der Waals surface area contributed by atoms with Crippen LogP contribution in [0, 0.1) is 0 Å². The van der Waals surface area contributed by atoms with E-state index in [2.05, 4.69) is 40.3 Å². The lowest BCUT2D eigenvalue weighted by atomic mass is 9.96. The number of hydrogen-bond donors (Lipinski definition) is 2. The van der Waals surface area contributed by atoms with E-state index in [1.165, 1.54) is 23.5 Å². The first-order valence-corrected chi connectivity index (χ1v) is 11.4. The molecule has 0 aromatic heterocycles. The predicted octanol–water partition coefficient (Wildman–Crippen LogP) is 3.26. The third-order valence-electron chi connectivity index (χ3n) is 5.24. The quantitative estimate of drug-likeness (QED) is 0.317. The molecular weight excluding hydrogens is 507 g/mol. The predicted molar refractivity (Wildman–Crippen MR) is 132 cm³/mol. The Kier molecular flexibility index (Phi) is 10.7. The average Bonchev–Trinajstić information content (AvgIpc) is 3.17. The van der Waals surface area contributed by atoms with Gasteiger partial charge in [-0.15, -0.1) is 24.0 Å². The maximum absolute atomic E-state index is 6.08. The number of hydrogen-bond acceptors (Lipinski definition) is 4. The maximum atomic E-state index is 6.08. The molecule has 2 saturated heterocycles. The van der Waals surface area contributed by atoms with Crippen molar-refractivity contribution < 1.29 is 4.74 Å². The van der Waals surface area contributed by atoms with Crippen molar-refractivity contribution in [2.75, 3.05) is 57.4 Å². The molecule has 0 aliphatic carbocycles. The lowest BCUT2D eigenvalue weighted by Crippen LogP contribution is -2.56. The standard InChI is InChI=1S/C20H31ClN4OS.HI/c1-2-22-19(23-8-6-17-4-3-5-18(21)14-17)24-15-20(7-13-27-16-20)25-9-11-26-12-10-25;/h3-5,14H,2,6-13,15-16H2,1H3,(H2,22,23,24);1H. The van der Waals surface area contributed by atoms with Gasteiger partial charge in [0.05, 0.1) is 25.3 Å². The van der Waals surface area contributed by atoms with Gasteiger partial charge in [0.1, 0.15) is 0 Å². The third-order valence-corrected chi connectivity index (χ3v) is 6.70. The van der Waals surface area contributed by atoms with Crippen molar-refractivity contribution >= 4 is 53.3 Å². The molecule has 2 aliphatic heterocycles. The van der Waals surface area contributed by atoms with Gasteiger partial charge in [-0.3, -0.25) is 9.89 Å². The largest absolute Gasteiger partial charge is 0.379 e. The number of morpholine rings is 1. The smallest absolute Gasteiger partial charge is 0.191 e. The van der Waals surface area contributed by atoms with Crippen LogP contribution in [0.3, 0.4) is 0 Å². The lowest BCUT2D eigenvalue weighted by Gasteiger charge is -2.42. The van der Waals surface area contributed by atoms with Crippen LogP contribution in [-0.4, -0.2) is 73.8 Å². The Hall–Kier alpha value is -0.220. The molecule has 8 heteroatoms. The first-order chi connectivity index (χ1) is 13.2. The number of nitrogens with zero attached hydrogens (tertiary/aromatic N) is 2. The summed E-state index contributed by atoms with van der Waals surface area (Å²) in [6.07, 6.45) is 2.14. The van der Waals surface area contributed by atoms with Gasteiger partial charge in [0.2, 0.25) is 0 Å².